The predicted octanol–water partition coefficient (Wildman–Crippen LogP) is 2.92. The minimum atomic E-state index is -0.424. The third-order valence-electron chi connectivity index (χ3n) is 2.63. The molecule has 0 radical (unpaired) electrons. The molecule has 0 aliphatic rings. The SMILES string of the molecule is CN(C(=O)c1ccc(F)cc1)C(C)(C)CCl. The lowest BCUT2D eigenvalue weighted by Crippen LogP contribution is -2.46. The number of amides is 1. The van der Waals surface area contributed by atoms with Crippen LogP contribution in [-0.4, -0.2) is 29.3 Å². The summed E-state index contributed by atoms with van der Waals surface area (Å²) < 4.78 is 12.7. The number of carbonyl (C=O) groups is 1. The smallest absolute Gasteiger partial charge is 0.254 e. The van der Waals surface area contributed by atoms with Crippen LogP contribution in [0.3, 0.4) is 0 Å². The Morgan fingerprint density at radius 1 is 1.38 bits per heavy atom. The van der Waals surface area contributed by atoms with E-state index in [1.165, 1.54) is 24.3 Å². The maximum Gasteiger partial charge on any atom is 0.254 e. The number of alkyl halides is 1. The van der Waals surface area contributed by atoms with Gasteiger partial charge in [-0.2, -0.15) is 0 Å². The lowest BCUT2D eigenvalue weighted by molar-refractivity contribution is 0.0660. The van der Waals surface area contributed by atoms with Gasteiger partial charge in [0.15, 0.2) is 0 Å². The summed E-state index contributed by atoms with van der Waals surface area (Å²) in [5.74, 6) is -0.169. The fourth-order valence-corrected chi connectivity index (χ4v) is 1.33. The highest BCUT2D eigenvalue weighted by molar-refractivity contribution is 6.18. The Hall–Kier alpha value is -1.09. The first-order valence-corrected chi connectivity index (χ1v) is 5.51. The predicted molar refractivity (Wildman–Crippen MR) is 63.3 cm³/mol. The van der Waals surface area contributed by atoms with Gasteiger partial charge < -0.3 is 4.90 Å². The zero-order valence-corrected chi connectivity index (χ0v) is 10.4. The van der Waals surface area contributed by atoms with Crippen molar-refractivity contribution >= 4 is 17.5 Å². The largest absolute Gasteiger partial charge is 0.335 e. The van der Waals surface area contributed by atoms with Crippen molar-refractivity contribution in [3.8, 4) is 0 Å². The standard InChI is InChI=1S/C12H15ClFNO/c1-12(2,8-13)15(3)11(16)9-4-6-10(14)7-5-9/h4-7H,8H2,1-3H3. The van der Waals surface area contributed by atoms with E-state index in [2.05, 4.69) is 0 Å². The Balaban J connectivity index is 2.90. The van der Waals surface area contributed by atoms with Crippen molar-refractivity contribution in [2.24, 2.45) is 0 Å². The Morgan fingerprint density at radius 3 is 2.31 bits per heavy atom. The highest BCUT2D eigenvalue weighted by Gasteiger charge is 2.27. The zero-order chi connectivity index (χ0) is 12.3. The molecule has 0 atom stereocenters. The maximum absolute atomic E-state index is 12.7. The number of halogens is 2. The molecule has 1 aromatic carbocycles. The molecule has 0 N–H and O–H groups in total. The van der Waals surface area contributed by atoms with Crippen LogP contribution in [0.1, 0.15) is 24.2 Å². The summed E-state index contributed by atoms with van der Waals surface area (Å²) in [4.78, 5) is 13.6. The first kappa shape index (κ1) is 13.0. The number of nitrogens with zero attached hydrogens (tertiary/aromatic N) is 1. The molecule has 0 aliphatic heterocycles. The summed E-state index contributed by atoms with van der Waals surface area (Å²) in [6.07, 6.45) is 0. The molecule has 2 nitrogen and oxygen atoms in total. The monoisotopic (exact) mass is 243 g/mol. The van der Waals surface area contributed by atoms with Crippen molar-refractivity contribution in [2.75, 3.05) is 12.9 Å². The van der Waals surface area contributed by atoms with E-state index in [1.54, 1.807) is 11.9 Å². The van der Waals surface area contributed by atoms with E-state index in [1.807, 2.05) is 13.8 Å². The van der Waals surface area contributed by atoms with Gasteiger partial charge in [-0.25, -0.2) is 4.39 Å². The molecule has 88 valence electrons. The van der Waals surface area contributed by atoms with Gasteiger partial charge in [0, 0.05) is 18.5 Å². The first-order chi connectivity index (χ1) is 7.38. The van der Waals surface area contributed by atoms with Crippen molar-refractivity contribution in [3.63, 3.8) is 0 Å². The number of hydrogen-bond donors (Lipinski definition) is 0. The Bertz CT molecular complexity index is 375. The molecule has 1 amide bonds. The molecule has 0 fully saturated rings. The normalized spacial score (nSPS) is 11.3. The highest BCUT2D eigenvalue weighted by Crippen LogP contribution is 2.17. The van der Waals surface area contributed by atoms with Gasteiger partial charge in [0.25, 0.3) is 5.91 Å². The summed E-state index contributed by atoms with van der Waals surface area (Å²) in [7, 11) is 1.69. The van der Waals surface area contributed by atoms with E-state index in [4.69, 9.17) is 11.6 Å². The molecule has 0 unspecified atom stereocenters. The average Bonchev–Trinajstić information content (AvgIpc) is 2.28. The van der Waals surface area contributed by atoms with Crippen molar-refractivity contribution in [1.29, 1.82) is 0 Å². The topological polar surface area (TPSA) is 20.3 Å². The van der Waals surface area contributed by atoms with Crippen molar-refractivity contribution in [1.82, 2.24) is 4.90 Å². The fourth-order valence-electron chi connectivity index (χ4n) is 1.15. The second kappa shape index (κ2) is 4.83. The Labute approximate surface area is 100 Å². The van der Waals surface area contributed by atoms with Crippen LogP contribution in [0.25, 0.3) is 0 Å². The van der Waals surface area contributed by atoms with Crippen molar-refractivity contribution in [2.45, 2.75) is 19.4 Å². The lowest BCUT2D eigenvalue weighted by atomic mass is 10.0. The van der Waals surface area contributed by atoms with Gasteiger partial charge in [0.05, 0.1) is 5.54 Å². The van der Waals surface area contributed by atoms with Crippen LogP contribution in [0.5, 0.6) is 0 Å². The molecule has 0 saturated heterocycles. The van der Waals surface area contributed by atoms with Gasteiger partial charge in [-0.1, -0.05) is 0 Å². The molecule has 1 aromatic rings. The quantitative estimate of drug-likeness (QED) is 0.748. The van der Waals surface area contributed by atoms with Crippen LogP contribution < -0.4 is 0 Å². The van der Waals surface area contributed by atoms with Crippen LogP contribution in [0, 0.1) is 5.82 Å². The highest BCUT2D eigenvalue weighted by atomic mass is 35.5. The molecule has 0 aromatic heterocycles. The van der Waals surface area contributed by atoms with Crippen LogP contribution in [-0.2, 0) is 0 Å². The zero-order valence-electron chi connectivity index (χ0n) is 9.63. The van der Waals surface area contributed by atoms with Gasteiger partial charge in [0.1, 0.15) is 5.82 Å². The molecular weight excluding hydrogens is 229 g/mol. The molecule has 1 rings (SSSR count). The summed E-state index contributed by atoms with van der Waals surface area (Å²) in [5, 5.41) is 0. The molecule has 0 saturated carbocycles. The van der Waals surface area contributed by atoms with Crippen LogP contribution in [0.2, 0.25) is 0 Å². The van der Waals surface area contributed by atoms with Gasteiger partial charge >= 0.3 is 0 Å². The molecule has 0 aliphatic carbocycles. The molecule has 0 heterocycles. The fraction of sp³-hybridized carbons (Fsp3) is 0.417. The summed E-state index contributed by atoms with van der Waals surface area (Å²) >= 11 is 5.79. The first-order valence-electron chi connectivity index (χ1n) is 4.98. The van der Waals surface area contributed by atoms with E-state index in [9.17, 15) is 9.18 Å². The molecule has 0 spiro atoms. The second-order valence-corrected chi connectivity index (χ2v) is 4.58. The van der Waals surface area contributed by atoms with Crippen molar-refractivity contribution < 1.29 is 9.18 Å². The lowest BCUT2D eigenvalue weighted by Gasteiger charge is -2.33. The minimum Gasteiger partial charge on any atom is -0.335 e. The van der Waals surface area contributed by atoms with Gasteiger partial charge in [-0.05, 0) is 38.1 Å². The summed E-state index contributed by atoms with van der Waals surface area (Å²) in [5.41, 5.74) is 0.0367. The number of benzene rings is 1. The minimum absolute atomic E-state index is 0.161. The summed E-state index contributed by atoms with van der Waals surface area (Å²) in [6, 6.07) is 5.49. The van der Waals surface area contributed by atoms with E-state index >= 15 is 0 Å². The molecular formula is C12H15ClFNO. The van der Waals surface area contributed by atoms with E-state index in [-0.39, 0.29) is 11.7 Å². The molecule has 4 heteroatoms. The van der Waals surface area contributed by atoms with E-state index < -0.39 is 5.54 Å². The van der Waals surface area contributed by atoms with E-state index in [0.29, 0.717) is 11.4 Å². The number of hydrogen-bond acceptors (Lipinski definition) is 1. The Kier molecular flexibility index (Phi) is 3.92. The van der Waals surface area contributed by atoms with Gasteiger partial charge in [0.2, 0.25) is 0 Å². The average molecular weight is 244 g/mol. The van der Waals surface area contributed by atoms with Gasteiger partial charge in [-0.3, -0.25) is 4.79 Å². The molecule has 16 heavy (non-hydrogen) atoms. The van der Waals surface area contributed by atoms with Crippen LogP contribution in [0.4, 0.5) is 4.39 Å². The van der Waals surface area contributed by atoms with Crippen LogP contribution >= 0.6 is 11.6 Å². The van der Waals surface area contributed by atoms with Crippen LogP contribution in [0.15, 0.2) is 24.3 Å². The number of carbonyl (C=O) groups excluding carboxylic acids is 1. The van der Waals surface area contributed by atoms with Gasteiger partial charge in [-0.15, -0.1) is 11.6 Å². The molecule has 0 bridgehead atoms. The maximum atomic E-state index is 12.7. The Morgan fingerprint density at radius 2 is 1.88 bits per heavy atom. The third kappa shape index (κ3) is 2.73. The van der Waals surface area contributed by atoms with E-state index in [0.717, 1.165) is 0 Å². The van der Waals surface area contributed by atoms with Crippen molar-refractivity contribution in [3.05, 3.63) is 35.6 Å². The third-order valence-corrected chi connectivity index (χ3v) is 3.28. The second-order valence-electron chi connectivity index (χ2n) is 4.32. The summed E-state index contributed by atoms with van der Waals surface area (Å²) in [6.45, 7) is 3.75. The number of rotatable bonds is 3.